The number of hydrogen-bond acceptors (Lipinski definition) is 2. The van der Waals surface area contributed by atoms with Crippen LogP contribution in [0.2, 0.25) is 5.02 Å². The van der Waals surface area contributed by atoms with Gasteiger partial charge in [-0.25, -0.2) is 4.39 Å². The Morgan fingerprint density at radius 2 is 1.74 bits per heavy atom. The third-order valence-electron chi connectivity index (χ3n) is 5.01. The van der Waals surface area contributed by atoms with E-state index in [-0.39, 0.29) is 5.82 Å². The predicted octanol–water partition coefficient (Wildman–Crippen LogP) is 9.59. The van der Waals surface area contributed by atoms with E-state index in [1.807, 2.05) is 63.2 Å². The highest BCUT2D eigenvalue weighted by Gasteiger charge is 2.13. The maximum atomic E-state index is 14.6. The van der Waals surface area contributed by atoms with E-state index in [4.69, 9.17) is 11.6 Å². The molecule has 1 N–H and O–H groups in total. The third-order valence-corrected chi connectivity index (χ3v) is 6.26. The second-order valence-corrected chi connectivity index (χ2v) is 8.22. The van der Waals surface area contributed by atoms with Gasteiger partial charge in [-0.1, -0.05) is 76.2 Å². The monoisotopic (exact) mass is 455 g/mol. The zero-order valence-corrected chi connectivity index (χ0v) is 20.6. The van der Waals surface area contributed by atoms with E-state index in [0.29, 0.717) is 5.56 Å². The fourth-order valence-electron chi connectivity index (χ4n) is 3.19. The molecule has 0 spiro atoms. The van der Waals surface area contributed by atoms with Crippen LogP contribution < -0.4 is 4.72 Å². The Balaban J connectivity index is 0.00000166. The maximum absolute atomic E-state index is 14.6. The van der Waals surface area contributed by atoms with Crippen molar-refractivity contribution in [1.29, 1.82) is 0 Å². The van der Waals surface area contributed by atoms with Crippen LogP contribution in [-0.2, 0) is 6.42 Å². The molecule has 0 heterocycles. The molecule has 3 aromatic rings. The van der Waals surface area contributed by atoms with Crippen LogP contribution in [0.15, 0.2) is 66.1 Å². The number of anilines is 1. The standard InChI is InChI=1S/C25H25ClFNS.C2H6/c1-5-16(3)19-13-22(26)20(6-2)25(14-19)29-28-24-15-21(23(27)12-17(24)4)18-10-8-7-9-11-18;1-2/h7-15,28H,3,5-6H2,1-2,4H3;1-2H3. The molecule has 3 aromatic carbocycles. The molecule has 0 bridgehead atoms. The Morgan fingerprint density at radius 1 is 1.06 bits per heavy atom. The van der Waals surface area contributed by atoms with Crippen molar-refractivity contribution >= 4 is 34.8 Å². The quantitative estimate of drug-likeness (QED) is 0.356. The van der Waals surface area contributed by atoms with Gasteiger partial charge in [-0.05, 0) is 83.8 Å². The summed E-state index contributed by atoms with van der Waals surface area (Å²) in [6.45, 7) is 14.2. The van der Waals surface area contributed by atoms with Gasteiger partial charge in [0.2, 0.25) is 0 Å². The van der Waals surface area contributed by atoms with Crippen molar-refractivity contribution in [2.45, 2.75) is 52.4 Å². The Morgan fingerprint density at radius 3 is 2.35 bits per heavy atom. The summed E-state index contributed by atoms with van der Waals surface area (Å²) in [6, 6.07) is 17.2. The summed E-state index contributed by atoms with van der Waals surface area (Å²) in [4.78, 5) is 1.06. The summed E-state index contributed by atoms with van der Waals surface area (Å²) in [5.41, 5.74) is 6.39. The lowest BCUT2D eigenvalue weighted by Gasteiger charge is -2.16. The summed E-state index contributed by atoms with van der Waals surface area (Å²) in [6.07, 6.45) is 1.70. The van der Waals surface area contributed by atoms with Crippen LogP contribution in [-0.4, -0.2) is 0 Å². The highest BCUT2D eigenvalue weighted by Crippen LogP contribution is 2.36. The zero-order chi connectivity index (χ0) is 23.0. The van der Waals surface area contributed by atoms with Gasteiger partial charge in [-0.3, -0.25) is 0 Å². The third kappa shape index (κ3) is 6.15. The van der Waals surface area contributed by atoms with E-state index in [2.05, 4.69) is 31.2 Å². The van der Waals surface area contributed by atoms with Gasteiger partial charge >= 0.3 is 0 Å². The van der Waals surface area contributed by atoms with Gasteiger partial charge in [0.15, 0.2) is 0 Å². The van der Waals surface area contributed by atoms with Crippen LogP contribution >= 0.6 is 23.5 Å². The molecule has 0 aliphatic heterocycles. The molecule has 3 rings (SSSR count). The Bertz CT molecular complexity index is 1030. The van der Waals surface area contributed by atoms with Gasteiger partial charge in [-0.2, -0.15) is 0 Å². The van der Waals surface area contributed by atoms with Gasteiger partial charge in [0.05, 0.1) is 0 Å². The van der Waals surface area contributed by atoms with E-state index < -0.39 is 0 Å². The molecular weight excluding hydrogens is 425 g/mol. The smallest absolute Gasteiger partial charge is 0.131 e. The Hall–Kier alpha value is -2.23. The first-order chi connectivity index (χ1) is 14.9. The zero-order valence-electron chi connectivity index (χ0n) is 19.0. The first kappa shape index (κ1) is 25.0. The van der Waals surface area contributed by atoms with Crippen molar-refractivity contribution < 1.29 is 4.39 Å². The molecule has 0 atom stereocenters. The number of rotatable bonds is 7. The second kappa shape index (κ2) is 12.0. The van der Waals surface area contributed by atoms with Crippen molar-refractivity contribution in [1.82, 2.24) is 0 Å². The van der Waals surface area contributed by atoms with Crippen LogP contribution in [0.3, 0.4) is 0 Å². The van der Waals surface area contributed by atoms with Crippen LogP contribution in [0.4, 0.5) is 10.1 Å². The summed E-state index contributed by atoms with van der Waals surface area (Å²) < 4.78 is 18.0. The predicted molar refractivity (Wildman–Crippen MR) is 138 cm³/mol. The fraction of sp³-hybridized carbons (Fsp3) is 0.259. The highest BCUT2D eigenvalue weighted by atomic mass is 35.5. The lowest BCUT2D eigenvalue weighted by molar-refractivity contribution is 0.630. The topological polar surface area (TPSA) is 12.0 Å². The number of benzene rings is 3. The lowest BCUT2D eigenvalue weighted by Crippen LogP contribution is -1.97. The summed E-state index contributed by atoms with van der Waals surface area (Å²) >= 11 is 8.05. The van der Waals surface area contributed by atoms with Gasteiger partial charge in [0.25, 0.3) is 0 Å². The molecule has 0 aliphatic carbocycles. The summed E-state index contributed by atoms with van der Waals surface area (Å²) in [5, 5.41) is 0.754. The molecule has 0 saturated heterocycles. The Kier molecular flexibility index (Phi) is 9.67. The van der Waals surface area contributed by atoms with Crippen LogP contribution in [0, 0.1) is 12.7 Å². The fourth-order valence-corrected chi connectivity index (χ4v) is 4.60. The van der Waals surface area contributed by atoms with Crippen LogP contribution in [0.1, 0.15) is 50.8 Å². The number of allylic oxidation sites excluding steroid dienone is 1. The second-order valence-electron chi connectivity index (χ2n) is 6.96. The number of halogens is 2. The molecule has 164 valence electrons. The molecule has 0 amide bonds. The van der Waals surface area contributed by atoms with E-state index in [0.717, 1.165) is 56.3 Å². The first-order valence-corrected chi connectivity index (χ1v) is 11.9. The molecule has 0 fully saturated rings. The van der Waals surface area contributed by atoms with Crippen LogP contribution in [0.5, 0.6) is 0 Å². The van der Waals surface area contributed by atoms with Gasteiger partial charge < -0.3 is 4.72 Å². The molecule has 0 unspecified atom stereocenters. The largest absolute Gasteiger partial charge is 0.325 e. The normalized spacial score (nSPS) is 10.3. The molecule has 0 aromatic heterocycles. The Labute approximate surface area is 195 Å². The van der Waals surface area contributed by atoms with Gasteiger partial charge in [-0.15, -0.1) is 0 Å². The molecule has 0 radical (unpaired) electrons. The molecular formula is C27H31ClFNS. The SMILES string of the molecule is C=C(CC)c1cc(Cl)c(CC)c(SNc2cc(-c3ccccc3)c(F)cc2C)c1.CC. The molecule has 0 aliphatic rings. The number of nitrogens with one attached hydrogen (secondary N) is 1. The number of hydrogen-bond donors (Lipinski definition) is 1. The molecule has 31 heavy (non-hydrogen) atoms. The minimum Gasteiger partial charge on any atom is -0.325 e. The minimum atomic E-state index is -0.220. The van der Waals surface area contributed by atoms with Crippen molar-refractivity contribution in [2.75, 3.05) is 4.72 Å². The average Bonchev–Trinajstić information content (AvgIpc) is 2.79. The summed E-state index contributed by atoms with van der Waals surface area (Å²) in [5.74, 6) is -0.220. The van der Waals surface area contributed by atoms with Crippen LogP contribution in [0.25, 0.3) is 16.7 Å². The van der Waals surface area contributed by atoms with E-state index in [1.165, 1.54) is 11.9 Å². The molecule has 0 saturated carbocycles. The van der Waals surface area contributed by atoms with Crippen molar-refractivity contribution in [3.05, 3.63) is 88.7 Å². The van der Waals surface area contributed by atoms with E-state index in [9.17, 15) is 4.39 Å². The van der Waals surface area contributed by atoms with Gasteiger partial charge in [0, 0.05) is 21.2 Å². The lowest BCUT2D eigenvalue weighted by atomic mass is 10.0. The maximum Gasteiger partial charge on any atom is 0.131 e. The van der Waals surface area contributed by atoms with E-state index >= 15 is 0 Å². The first-order valence-electron chi connectivity index (χ1n) is 10.7. The molecule has 1 nitrogen and oxygen atoms in total. The van der Waals surface area contributed by atoms with Crippen molar-refractivity contribution in [3.8, 4) is 11.1 Å². The summed E-state index contributed by atoms with van der Waals surface area (Å²) in [7, 11) is 0. The molecule has 4 heteroatoms. The van der Waals surface area contributed by atoms with Gasteiger partial charge in [0.1, 0.15) is 5.82 Å². The number of aryl methyl sites for hydroxylation is 1. The average molecular weight is 456 g/mol. The minimum absolute atomic E-state index is 0.220. The van der Waals surface area contributed by atoms with E-state index in [1.54, 1.807) is 6.07 Å². The highest BCUT2D eigenvalue weighted by molar-refractivity contribution is 8.00. The van der Waals surface area contributed by atoms with Crippen molar-refractivity contribution in [2.24, 2.45) is 0 Å². The van der Waals surface area contributed by atoms with Crippen molar-refractivity contribution in [3.63, 3.8) is 0 Å².